The molecule has 0 saturated heterocycles. The highest BCUT2D eigenvalue weighted by molar-refractivity contribution is 5.85. The first-order valence-electron chi connectivity index (χ1n) is 6.70. The average molecular weight is 240 g/mol. The Morgan fingerprint density at radius 2 is 2.06 bits per heavy atom. The van der Waals surface area contributed by atoms with Gasteiger partial charge in [-0.1, -0.05) is 32.6 Å². The quantitative estimate of drug-likeness (QED) is 0.722. The molecule has 1 unspecified atom stereocenters. The molecule has 0 spiro atoms. The molecule has 0 aromatic heterocycles. The molecule has 1 fully saturated rings. The maximum absolute atomic E-state index is 10.8. The Morgan fingerprint density at radius 1 is 1.41 bits per heavy atom. The second-order valence-electron chi connectivity index (χ2n) is 4.88. The number of hydrogen-bond acceptors (Lipinski definition) is 2. The largest absolute Gasteiger partial charge is 0.478 e. The molecule has 0 radical (unpaired) electrons. The lowest BCUT2D eigenvalue weighted by Gasteiger charge is -2.26. The van der Waals surface area contributed by atoms with Crippen molar-refractivity contribution in [3.05, 3.63) is 11.6 Å². The Labute approximate surface area is 104 Å². The molecule has 1 N–H and O–H groups in total. The first-order chi connectivity index (χ1) is 8.13. The zero-order chi connectivity index (χ0) is 12.7. The Kier molecular flexibility index (Phi) is 6.27. The Balaban J connectivity index is 2.52. The molecule has 1 aliphatic rings. The number of ether oxygens (including phenoxy) is 1. The van der Waals surface area contributed by atoms with Gasteiger partial charge in [0.25, 0.3) is 0 Å². The summed E-state index contributed by atoms with van der Waals surface area (Å²) in [7, 11) is 0. The molecular formula is C14H24O3. The smallest absolute Gasteiger partial charge is 0.331 e. The summed E-state index contributed by atoms with van der Waals surface area (Å²) in [4.78, 5) is 10.8. The van der Waals surface area contributed by atoms with Crippen molar-refractivity contribution in [1.29, 1.82) is 0 Å². The molecule has 0 aromatic carbocycles. The average Bonchev–Trinajstić information content (AvgIpc) is 2.30. The number of carboxylic acids is 1. The van der Waals surface area contributed by atoms with Gasteiger partial charge >= 0.3 is 5.97 Å². The summed E-state index contributed by atoms with van der Waals surface area (Å²) < 4.78 is 6.01. The van der Waals surface area contributed by atoms with E-state index in [1.807, 2.05) is 0 Å². The van der Waals surface area contributed by atoms with Crippen molar-refractivity contribution in [1.82, 2.24) is 0 Å². The van der Waals surface area contributed by atoms with Crippen molar-refractivity contribution in [3.8, 4) is 0 Å². The van der Waals surface area contributed by atoms with Gasteiger partial charge in [-0.3, -0.25) is 0 Å². The second-order valence-corrected chi connectivity index (χ2v) is 4.88. The molecule has 17 heavy (non-hydrogen) atoms. The van der Waals surface area contributed by atoms with Crippen molar-refractivity contribution < 1.29 is 14.6 Å². The third-order valence-electron chi connectivity index (χ3n) is 3.27. The van der Waals surface area contributed by atoms with Gasteiger partial charge in [-0.25, -0.2) is 4.79 Å². The fourth-order valence-electron chi connectivity index (χ4n) is 2.27. The van der Waals surface area contributed by atoms with Gasteiger partial charge in [0, 0.05) is 5.57 Å². The molecule has 3 nitrogen and oxygen atoms in total. The van der Waals surface area contributed by atoms with Crippen molar-refractivity contribution in [2.45, 2.75) is 71.0 Å². The van der Waals surface area contributed by atoms with Gasteiger partial charge in [0.05, 0.1) is 12.2 Å². The summed E-state index contributed by atoms with van der Waals surface area (Å²) in [5.74, 6) is -0.849. The molecule has 0 heterocycles. The fourth-order valence-corrected chi connectivity index (χ4v) is 2.27. The highest BCUT2D eigenvalue weighted by atomic mass is 16.5. The topological polar surface area (TPSA) is 46.5 Å². The standard InChI is InChI=1S/C14H24O3/c1-3-7-13(10-11(2)14(15)16)17-12-8-5-4-6-9-12/h10,12-13H,3-9H2,1-2H3,(H,15,16). The van der Waals surface area contributed by atoms with Crippen LogP contribution >= 0.6 is 0 Å². The molecule has 3 heteroatoms. The predicted molar refractivity (Wildman–Crippen MR) is 68.0 cm³/mol. The number of carbonyl (C=O) groups is 1. The first kappa shape index (κ1) is 14.2. The first-order valence-corrected chi connectivity index (χ1v) is 6.70. The van der Waals surface area contributed by atoms with Crippen LogP contribution in [0, 0.1) is 0 Å². The summed E-state index contributed by atoms with van der Waals surface area (Å²) in [5.41, 5.74) is 0.388. The van der Waals surface area contributed by atoms with Crippen LogP contribution in [0.1, 0.15) is 58.8 Å². The molecule has 0 aliphatic heterocycles. The fraction of sp³-hybridized carbons (Fsp3) is 0.786. The number of carboxylic acid groups (broad SMARTS) is 1. The van der Waals surface area contributed by atoms with Crippen LogP contribution in [-0.2, 0) is 9.53 Å². The third kappa shape index (κ3) is 5.35. The number of hydrogen-bond donors (Lipinski definition) is 1. The van der Waals surface area contributed by atoms with Gasteiger partial charge in [-0.15, -0.1) is 0 Å². The predicted octanol–water partition coefficient (Wildman–Crippen LogP) is 3.54. The van der Waals surface area contributed by atoms with Gasteiger partial charge in [0.1, 0.15) is 0 Å². The third-order valence-corrected chi connectivity index (χ3v) is 3.27. The molecule has 1 saturated carbocycles. The van der Waals surface area contributed by atoms with E-state index in [9.17, 15) is 4.79 Å². The van der Waals surface area contributed by atoms with E-state index in [0.29, 0.717) is 11.7 Å². The molecule has 0 bridgehead atoms. The van der Waals surface area contributed by atoms with Crippen molar-refractivity contribution in [2.75, 3.05) is 0 Å². The van der Waals surface area contributed by atoms with Crippen LogP contribution in [0.25, 0.3) is 0 Å². The zero-order valence-electron chi connectivity index (χ0n) is 10.9. The minimum absolute atomic E-state index is 0.0285. The monoisotopic (exact) mass is 240 g/mol. The van der Waals surface area contributed by atoms with Gasteiger partial charge in [0.15, 0.2) is 0 Å². The highest BCUT2D eigenvalue weighted by Crippen LogP contribution is 2.23. The molecule has 98 valence electrons. The summed E-state index contributed by atoms with van der Waals surface area (Å²) in [6, 6.07) is 0. The highest BCUT2D eigenvalue weighted by Gasteiger charge is 2.18. The molecule has 1 atom stereocenters. The van der Waals surface area contributed by atoms with Crippen LogP contribution in [0.5, 0.6) is 0 Å². The summed E-state index contributed by atoms with van der Waals surface area (Å²) in [6.07, 6.45) is 10.0. The maximum atomic E-state index is 10.8. The van der Waals surface area contributed by atoms with Gasteiger partial charge < -0.3 is 9.84 Å². The van der Waals surface area contributed by atoms with E-state index in [2.05, 4.69) is 6.92 Å². The van der Waals surface area contributed by atoms with Crippen molar-refractivity contribution >= 4 is 5.97 Å². The van der Waals surface area contributed by atoms with Crippen LogP contribution in [-0.4, -0.2) is 23.3 Å². The van der Waals surface area contributed by atoms with E-state index in [1.165, 1.54) is 19.3 Å². The van der Waals surface area contributed by atoms with Crippen LogP contribution in [0.3, 0.4) is 0 Å². The van der Waals surface area contributed by atoms with E-state index >= 15 is 0 Å². The van der Waals surface area contributed by atoms with E-state index < -0.39 is 5.97 Å². The summed E-state index contributed by atoms with van der Waals surface area (Å²) >= 11 is 0. The summed E-state index contributed by atoms with van der Waals surface area (Å²) in [5, 5.41) is 8.88. The maximum Gasteiger partial charge on any atom is 0.331 e. The van der Waals surface area contributed by atoms with Crippen LogP contribution in [0.15, 0.2) is 11.6 Å². The number of aliphatic carboxylic acids is 1. The lowest BCUT2D eigenvalue weighted by atomic mass is 9.97. The lowest BCUT2D eigenvalue weighted by molar-refractivity contribution is -0.132. The van der Waals surface area contributed by atoms with E-state index in [0.717, 1.165) is 25.7 Å². The second kappa shape index (κ2) is 7.49. The number of rotatable bonds is 6. The Morgan fingerprint density at radius 3 is 2.59 bits per heavy atom. The van der Waals surface area contributed by atoms with Crippen LogP contribution in [0.4, 0.5) is 0 Å². The normalized spacial score (nSPS) is 20.2. The van der Waals surface area contributed by atoms with Gasteiger partial charge in [0.2, 0.25) is 0 Å². The SMILES string of the molecule is CCCC(C=C(C)C(=O)O)OC1CCCCC1. The minimum atomic E-state index is -0.849. The van der Waals surface area contributed by atoms with Gasteiger partial charge in [-0.2, -0.15) is 0 Å². The van der Waals surface area contributed by atoms with Gasteiger partial charge in [-0.05, 0) is 32.3 Å². The van der Waals surface area contributed by atoms with E-state index in [4.69, 9.17) is 9.84 Å². The molecule has 0 amide bonds. The molecular weight excluding hydrogens is 216 g/mol. The molecule has 1 aliphatic carbocycles. The van der Waals surface area contributed by atoms with Crippen LogP contribution in [0.2, 0.25) is 0 Å². The van der Waals surface area contributed by atoms with E-state index in [-0.39, 0.29) is 6.10 Å². The lowest BCUT2D eigenvalue weighted by Crippen LogP contribution is -2.23. The summed E-state index contributed by atoms with van der Waals surface area (Å²) in [6.45, 7) is 3.73. The Bertz CT molecular complexity index is 265. The van der Waals surface area contributed by atoms with Crippen LogP contribution < -0.4 is 0 Å². The zero-order valence-corrected chi connectivity index (χ0v) is 10.9. The van der Waals surface area contributed by atoms with Crippen molar-refractivity contribution in [3.63, 3.8) is 0 Å². The van der Waals surface area contributed by atoms with E-state index in [1.54, 1.807) is 13.0 Å². The Hall–Kier alpha value is -0.830. The molecule has 1 rings (SSSR count). The molecule has 0 aromatic rings. The van der Waals surface area contributed by atoms with Crippen molar-refractivity contribution in [2.24, 2.45) is 0 Å². The minimum Gasteiger partial charge on any atom is -0.478 e.